The number of rotatable bonds is 5. The first-order chi connectivity index (χ1) is 14.6. The number of amides is 1. The van der Waals surface area contributed by atoms with E-state index in [2.05, 4.69) is 9.88 Å². The number of ether oxygens (including phenoxy) is 1. The highest BCUT2D eigenvalue weighted by Gasteiger charge is 2.24. The summed E-state index contributed by atoms with van der Waals surface area (Å²) in [6.45, 7) is 2.87. The van der Waals surface area contributed by atoms with Gasteiger partial charge >= 0.3 is 0 Å². The van der Waals surface area contributed by atoms with Crippen molar-refractivity contribution in [3.63, 3.8) is 0 Å². The molecule has 0 saturated carbocycles. The average Bonchev–Trinajstić information content (AvgIpc) is 2.80. The third-order valence-electron chi connectivity index (χ3n) is 5.20. The lowest BCUT2D eigenvalue weighted by atomic mass is 10.2. The lowest BCUT2D eigenvalue weighted by Crippen LogP contribution is -2.49. The molecule has 1 saturated heterocycles. The molecule has 7 heteroatoms. The molecule has 0 N–H and O–H groups in total. The van der Waals surface area contributed by atoms with Crippen LogP contribution >= 0.6 is 0 Å². The summed E-state index contributed by atoms with van der Waals surface area (Å²) in [5, 5.41) is 0. The number of nitrogens with zero attached hydrogens (tertiary/aromatic N) is 4. The Morgan fingerprint density at radius 2 is 1.77 bits per heavy atom. The number of benzene rings is 1. The molecule has 30 heavy (non-hydrogen) atoms. The molecule has 1 aliphatic rings. The molecule has 3 aromatic rings. The predicted molar refractivity (Wildman–Crippen MR) is 115 cm³/mol. The van der Waals surface area contributed by atoms with Gasteiger partial charge in [0.05, 0.1) is 6.20 Å². The van der Waals surface area contributed by atoms with Crippen molar-refractivity contribution in [3.05, 3.63) is 88.5 Å². The molecular weight excluding hydrogens is 380 g/mol. The number of carbonyl (C=O) groups is 1. The SMILES string of the molecule is Cn1cc(OCc2ccccc2)c(=O)cc1C(=O)N1CCN(c2ccccn2)CC1. The fourth-order valence-electron chi connectivity index (χ4n) is 3.50. The topological polar surface area (TPSA) is 67.7 Å². The number of anilines is 1. The maximum atomic E-state index is 13.0. The van der Waals surface area contributed by atoms with Gasteiger partial charge in [-0.25, -0.2) is 4.98 Å². The van der Waals surface area contributed by atoms with Crippen LogP contribution in [0.1, 0.15) is 16.1 Å². The summed E-state index contributed by atoms with van der Waals surface area (Å²) in [4.78, 5) is 33.8. The fourth-order valence-corrected chi connectivity index (χ4v) is 3.50. The zero-order valence-corrected chi connectivity index (χ0v) is 16.9. The Morgan fingerprint density at radius 1 is 1.03 bits per heavy atom. The van der Waals surface area contributed by atoms with Crippen LogP contribution in [0, 0.1) is 0 Å². The van der Waals surface area contributed by atoms with Crippen LogP contribution in [0.25, 0.3) is 0 Å². The van der Waals surface area contributed by atoms with Crippen LogP contribution in [0.15, 0.2) is 71.8 Å². The van der Waals surface area contributed by atoms with Gasteiger partial charge in [0.25, 0.3) is 5.91 Å². The molecule has 2 aromatic heterocycles. The van der Waals surface area contributed by atoms with E-state index in [1.807, 2.05) is 48.5 Å². The maximum absolute atomic E-state index is 13.0. The molecule has 1 amide bonds. The highest BCUT2D eigenvalue weighted by molar-refractivity contribution is 5.92. The normalized spacial score (nSPS) is 13.9. The van der Waals surface area contributed by atoms with E-state index < -0.39 is 0 Å². The van der Waals surface area contributed by atoms with Crippen molar-refractivity contribution in [1.29, 1.82) is 0 Å². The molecule has 0 aliphatic carbocycles. The Labute approximate surface area is 175 Å². The van der Waals surface area contributed by atoms with Gasteiger partial charge in [0.2, 0.25) is 5.43 Å². The van der Waals surface area contributed by atoms with Crippen LogP contribution in [-0.2, 0) is 13.7 Å². The van der Waals surface area contributed by atoms with Gasteiger partial charge in [-0.1, -0.05) is 36.4 Å². The van der Waals surface area contributed by atoms with Crippen molar-refractivity contribution in [3.8, 4) is 5.75 Å². The molecule has 1 aliphatic heterocycles. The zero-order valence-electron chi connectivity index (χ0n) is 16.9. The second-order valence-corrected chi connectivity index (χ2v) is 7.24. The number of aromatic nitrogens is 2. The van der Waals surface area contributed by atoms with E-state index in [1.165, 1.54) is 6.07 Å². The predicted octanol–water partition coefficient (Wildman–Crippen LogP) is 2.32. The maximum Gasteiger partial charge on any atom is 0.270 e. The summed E-state index contributed by atoms with van der Waals surface area (Å²) in [6, 6.07) is 16.8. The summed E-state index contributed by atoms with van der Waals surface area (Å²) in [7, 11) is 1.76. The number of hydrogen-bond donors (Lipinski definition) is 0. The van der Waals surface area contributed by atoms with Crippen molar-refractivity contribution >= 4 is 11.7 Å². The van der Waals surface area contributed by atoms with E-state index in [0.29, 0.717) is 38.5 Å². The third-order valence-corrected chi connectivity index (χ3v) is 5.20. The monoisotopic (exact) mass is 404 g/mol. The van der Waals surface area contributed by atoms with Crippen LogP contribution in [0.3, 0.4) is 0 Å². The summed E-state index contributed by atoms with van der Waals surface area (Å²) in [5.74, 6) is 1.000. The average molecular weight is 404 g/mol. The fraction of sp³-hybridized carbons (Fsp3) is 0.261. The van der Waals surface area contributed by atoms with E-state index in [-0.39, 0.29) is 17.1 Å². The molecule has 154 valence electrons. The van der Waals surface area contributed by atoms with Gasteiger partial charge in [0.15, 0.2) is 5.75 Å². The van der Waals surface area contributed by atoms with Crippen LogP contribution in [0.2, 0.25) is 0 Å². The van der Waals surface area contributed by atoms with Crippen LogP contribution in [0.5, 0.6) is 5.75 Å². The summed E-state index contributed by atoms with van der Waals surface area (Å²) in [5.41, 5.74) is 1.04. The van der Waals surface area contributed by atoms with Crippen molar-refractivity contribution in [2.75, 3.05) is 31.1 Å². The van der Waals surface area contributed by atoms with E-state index in [1.54, 1.807) is 28.9 Å². The first-order valence-corrected chi connectivity index (χ1v) is 9.94. The van der Waals surface area contributed by atoms with E-state index in [4.69, 9.17) is 4.74 Å². The molecular formula is C23H24N4O3. The second kappa shape index (κ2) is 8.82. The second-order valence-electron chi connectivity index (χ2n) is 7.24. The first-order valence-electron chi connectivity index (χ1n) is 9.94. The van der Waals surface area contributed by atoms with Gasteiger partial charge < -0.3 is 19.1 Å². The molecule has 0 atom stereocenters. The molecule has 7 nitrogen and oxygen atoms in total. The smallest absolute Gasteiger partial charge is 0.270 e. The Balaban J connectivity index is 1.42. The van der Waals surface area contributed by atoms with Crippen LogP contribution in [0.4, 0.5) is 5.82 Å². The quantitative estimate of drug-likeness (QED) is 0.653. The molecule has 0 bridgehead atoms. The Bertz CT molecular complexity index is 1060. The number of pyridine rings is 2. The van der Waals surface area contributed by atoms with Gasteiger partial charge in [-0.2, -0.15) is 0 Å². The number of carbonyl (C=O) groups excluding carboxylic acids is 1. The Hall–Kier alpha value is -3.61. The largest absolute Gasteiger partial charge is 0.483 e. The Kier molecular flexibility index (Phi) is 5.79. The van der Waals surface area contributed by atoms with E-state index in [9.17, 15) is 9.59 Å². The minimum Gasteiger partial charge on any atom is -0.483 e. The van der Waals surface area contributed by atoms with Gasteiger partial charge in [-0.05, 0) is 17.7 Å². The van der Waals surface area contributed by atoms with Gasteiger partial charge in [-0.15, -0.1) is 0 Å². The molecule has 1 fully saturated rings. The molecule has 4 rings (SSSR count). The minimum absolute atomic E-state index is 0.148. The summed E-state index contributed by atoms with van der Waals surface area (Å²) >= 11 is 0. The molecule has 0 unspecified atom stereocenters. The van der Waals surface area contributed by atoms with Crippen LogP contribution < -0.4 is 15.1 Å². The Morgan fingerprint density at radius 3 is 2.47 bits per heavy atom. The lowest BCUT2D eigenvalue weighted by Gasteiger charge is -2.35. The first kappa shape index (κ1) is 19.7. The van der Waals surface area contributed by atoms with Crippen molar-refractivity contribution in [2.24, 2.45) is 7.05 Å². The highest BCUT2D eigenvalue weighted by Crippen LogP contribution is 2.15. The standard InChI is InChI=1S/C23H24N4O3/c1-25-16-21(30-17-18-7-3-2-4-8-18)20(28)15-19(25)23(29)27-13-11-26(12-14-27)22-9-5-6-10-24-22/h2-10,15-16H,11-14,17H2,1H3. The van der Waals surface area contributed by atoms with Crippen molar-refractivity contribution < 1.29 is 9.53 Å². The number of aryl methyl sites for hydroxylation is 1. The van der Waals surface area contributed by atoms with Crippen LogP contribution in [-0.4, -0.2) is 46.5 Å². The summed E-state index contributed by atoms with van der Waals surface area (Å²) in [6.07, 6.45) is 3.35. The van der Waals surface area contributed by atoms with Gasteiger partial charge in [0.1, 0.15) is 18.1 Å². The number of piperazine rings is 1. The van der Waals surface area contributed by atoms with E-state index >= 15 is 0 Å². The number of hydrogen-bond acceptors (Lipinski definition) is 5. The van der Waals surface area contributed by atoms with Gasteiger partial charge in [-0.3, -0.25) is 9.59 Å². The van der Waals surface area contributed by atoms with Crippen molar-refractivity contribution in [1.82, 2.24) is 14.5 Å². The minimum atomic E-state index is -0.292. The van der Waals surface area contributed by atoms with Crippen molar-refractivity contribution in [2.45, 2.75) is 6.61 Å². The molecule has 1 aromatic carbocycles. The third kappa shape index (κ3) is 4.35. The molecule has 0 spiro atoms. The van der Waals surface area contributed by atoms with E-state index in [0.717, 1.165) is 11.4 Å². The summed E-state index contributed by atoms with van der Waals surface area (Å²) < 4.78 is 7.34. The highest BCUT2D eigenvalue weighted by atomic mass is 16.5. The lowest BCUT2D eigenvalue weighted by molar-refractivity contribution is 0.0735. The van der Waals surface area contributed by atoms with Gasteiger partial charge in [0, 0.05) is 45.5 Å². The molecule has 3 heterocycles. The zero-order chi connectivity index (χ0) is 20.9. The molecule has 0 radical (unpaired) electrons.